The molecule has 0 aromatic heterocycles. The molecule has 1 saturated heterocycles. The minimum absolute atomic E-state index is 0.587. The second kappa shape index (κ2) is 8.05. The maximum Gasteiger partial charge on any atom is 0.124 e. The normalized spacial score (nSPS) is 25.1. The van der Waals surface area contributed by atoms with Crippen LogP contribution in [0.2, 0.25) is 0 Å². The molecule has 1 rings (SSSR count). The molecule has 0 aromatic carbocycles. The van der Waals surface area contributed by atoms with Gasteiger partial charge in [0.15, 0.2) is 0 Å². The van der Waals surface area contributed by atoms with Gasteiger partial charge in [0.2, 0.25) is 0 Å². The fourth-order valence-corrected chi connectivity index (χ4v) is 2.50. The summed E-state index contributed by atoms with van der Waals surface area (Å²) in [6, 6.07) is 0. The molecule has 1 N–H and O–H groups in total. The van der Waals surface area contributed by atoms with E-state index in [1.54, 1.807) is 0 Å². The number of rotatable bonds is 9. The highest BCUT2D eigenvalue weighted by molar-refractivity contribution is 4.87. The monoisotopic (exact) mass is 229 g/mol. The van der Waals surface area contributed by atoms with Gasteiger partial charge in [-0.3, -0.25) is 0 Å². The van der Waals surface area contributed by atoms with Gasteiger partial charge in [-0.2, -0.15) is 0 Å². The summed E-state index contributed by atoms with van der Waals surface area (Å²) in [7, 11) is 0. The first kappa shape index (κ1) is 14.0. The lowest BCUT2D eigenvalue weighted by Crippen LogP contribution is -2.25. The zero-order valence-electron chi connectivity index (χ0n) is 10.9. The van der Waals surface area contributed by atoms with Crippen LogP contribution in [0.5, 0.6) is 0 Å². The smallest absolute Gasteiger partial charge is 0.124 e. The zero-order valence-corrected chi connectivity index (χ0v) is 10.9. The zero-order chi connectivity index (χ0) is 11.7. The van der Waals surface area contributed by atoms with Crippen molar-refractivity contribution in [2.45, 2.75) is 76.8 Å². The van der Waals surface area contributed by atoms with E-state index in [4.69, 9.17) is 0 Å². The lowest BCUT2D eigenvalue weighted by Gasteiger charge is -2.17. The fourth-order valence-electron chi connectivity index (χ4n) is 2.50. The Morgan fingerprint density at radius 2 is 1.62 bits per heavy atom. The second-order valence-corrected chi connectivity index (χ2v) is 5.30. The van der Waals surface area contributed by atoms with E-state index in [0.29, 0.717) is 6.54 Å². The maximum absolute atomic E-state index is 13.9. The van der Waals surface area contributed by atoms with Crippen molar-refractivity contribution in [2.75, 3.05) is 13.1 Å². The van der Waals surface area contributed by atoms with Gasteiger partial charge in [0.25, 0.3) is 0 Å². The largest absolute Gasteiger partial charge is 0.313 e. The molecule has 2 heteroatoms. The quantitative estimate of drug-likeness (QED) is 0.584. The number of alkyl halides is 1. The molecule has 0 aromatic rings. The molecule has 0 aliphatic carbocycles. The Balaban J connectivity index is 1.84. The van der Waals surface area contributed by atoms with Crippen molar-refractivity contribution >= 4 is 0 Å². The third-order valence-electron chi connectivity index (χ3n) is 3.67. The summed E-state index contributed by atoms with van der Waals surface area (Å²) in [4.78, 5) is 0. The van der Waals surface area contributed by atoms with Crippen LogP contribution >= 0.6 is 0 Å². The van der Waals surface area contributed by atoms with E-state index < -0.39 is 5.67 Å². The lowest BCUT2D eigenvalue weighted by molar-refractivity contribution is 0.170. The van der Waals surface area contributed by atoms with E-state index >= 15 is 0 Å². The van der Waals surface area contributed by atoms with Crippen molar-refractivity contribution in [3.63, 3.8) is 0 Å². The summed E-state index contributed by atoms with van der Waals surface area (Å²) in [5.41, 5.74) is -0.873. The minimum Gasteiger partial charge on any atom is -0.313 e. The lowest BCUT2D eigenvalue weighted by atomic mass is 9.96. The number of hydrogen-bond acceptors (Lipinski definition) is 1. The molecule has 1 aliphatic heterocycles. The van der Waals surface area contributed by atoms with Gasteiger partial charge in [0.05, 0.1) is 0 Å². The first-order valence-corrected chi connectivity index (χ1v) is 7.16. The molecule has 0 radical (unpaired) electrons. The van der Waals surface area contributed by atoms with Crippen molar-refractivity contribution in [1.82, 2.24) is 5.32 Å². The SMILES string of the molecule is CCCCCCCCCCC1(F)CCNC1. The van der Waals surface area contributed by atoms with Crippen LogP contribution in [0.15, 0.2) is 0 Å². The van der Waals surface area contributed by atoms with E-state index in [9.17, 15) is 4.39 Å². The van der Waals surface area contributed by atoms with Crippen molar-refractivity contribution in [3.8, 4) is 0 Å². The van der Waals surface area contributed by atoms with E-state index in [1.807, 2.05) is 0 Å². The highest BCUT2D eigenvalue weighted by Gasteiger charge is 2.32. The summed E-state index contributed by atoms with van der Waals surface area (Å²) < 4.78 is 13.9. The Kier molecular flexibility index (Phi) is 7.02. The Hall–Kier alpha value is -0.110. The van der Waals surface area contributed by atoms with Crippen molar-refractivity contribution in [1.29, 1.82) is 0 Å². The number of halogens is 1. The van der Waals surface area contributed by atoms with Gasteiger partial charge in [-0.25, -0.2) is 4.39 Å². The number of unbranched alkanes of at least 4 members (excludes halogenated alkanes) is 7. The fraction of sp³-hybridized carbons (Fsp3) is 1.00. The highest BCUT2D eigenvalue weighted by Crippen LogP contribution is 2.26. The average molecular weight is 229 g/mol. The highest BCUT2D eigenvalue weighted by atomic mass is 19.1. The topological polar surface area (TPSA) is 12.0 Å². The number of nitrogens with one attached hydrogen (secondary N) is 1. The standard InChI is InChI=1S/C14H28FN/c1-2-3-4-5-6-7-8-9-10-14(15)11-12-16-13-14/h16H,2-13H2,1H3. The molecule has 1 nitrogen and oxygen atoms in total. The Bertz CT molecular complexity index is 164. The molecule has 96 valence electrons. The van der Waals surface area contributed by atoms with Crippen LogP contribution in [-0.4, -0.2) is 18.8 Å². The number of hydrogen-bond donors (Lipinski definition) is 1. The molecule has 16 heavy (non-hydrogen) atoms. The van der Waals surface area contributed by atoms with Crippen molar-refractivity contribution in [2.24, 2.45) is 0 Å². The molecule has 1 aliphatic rings. The second-order valence-electron chi connectivity index (χ2n) is 5.30. The Morgan fingerprint density at radius 3 is 2.19 bits per heavy atom. The van der Waals surface area contributed by atoms with Crippen LogP contribution in [0.3, 0.4) is 0 Å². The average Bonchev–Trinajstić information content (AvgIpc) is 2.70. The van der Waals surface area contributed by atoms with Crippen LogP contribution in [0.25, 0.3) is 0 Å². The molecule has 0 saturated carbocycles. The molecule has 0 bridgehead atoms. The first-order valence-electron chi connectivity index (χ1n) is 7.16. The summed E-state index contributed by atoms with van der Waals surface area (Å²) in [6.45, 7) is 3.70. The molecular weight excluding hydrogens is 201 g/mol. The van der Waals surface area contributed by atoms with Crippen LogP contribution in [0, 0.1) is 0 Å². The summed E-state index contributed by atoms with van der Waals surface area (Å²) >= 11 is 0. The molecule has 0 amide bonds. The van der Waals surface area contributed by atoms with Gasteiger partial charge < -0.3 is 5.32 Å². The summed E-state index contributed by atoms with van der Waals surface area (Å²) in [5, 5.41) is 3.11. The predicted octanol–water partition coefficient (Wildman–Crippen LogP) is 4.22. The molecular formula is C14H28FN. The third-order valence-corrected chi connectivity index (χ3v) is 3.67. The van der Waals surface area contributed by atoms with E-state index in [0.717, 1.165) is 25.8 Å². The summed E-state index contributed by atoms with van der Waals surface area (Å²) in [6.07, 6.45) is 11.9. The van der Waals surface area contributed by atoms with Gasteiger partial charge >= 0.3 is 0 Å². The molecule has 1 fully saturated rings. The van der Waals surface area contributed by atoms with Gasteiger partial charge in [-0.15, -0.1) is 0 Å². The Morgan fingerprint density at radius 1 is 1.00 bits per heavy atom. The van der Waals surface area contributed by atoms with E-state index in [1.165, 1.54) is 44.9 Å². The predicted molar refractivity (Wildman–Crippen MR) is 68.6 cm³/mol. The maximum atomic E-state index is 13.9. The van der Waals surface area contributed by atoms with Gasteiger partial charge in [0, 0.05) is 6.54 Å². The molecule has 1 atom stereocenters. The van der Waals surface area contributed by atoms with Gasteiger partial charge in [-0.1, -0.05) is 58.3 Å². The van der Waals surface area contributed by atoms with Crippen LogP contribution in [0.4, 0.5) is 4.39 Å². The summed E-state index contributed by atoms with van der Waals surface area (Å²) in [5.74, 6) is 0. The van der Waals surface area contributed by atoms with Gasteiger partial charge in [-0.05, 0) is 19.4 Å². The van der Waals surface area contributed by atoms with Crippen molar-refractivity contribution in [3.05, 3.63) is 0 Å². The van der Waals surface area contributed by atoms with Gasteiger partial charge in [0.1, 0.15) is 5.67 Å². The molecule has 1 unspecified atom stereocenters. The van der Waals surface area contributed by atoms with E-state index in [2.05, 4.69) is 12.2 Å². The van der Waals surface area contributed by atoms with Crippen LogP contribution < -0.4 is 5.32 Å². The van der Waals surface area contributed by atoms with E-state index in [-0.39, 0.29) is 0 Å². The Labute approximate surface area is 100 Å². The molecule has 0 spiro atoms. The minimum atomic E-state index is -0.873. The van der Waals surface area contributed by atoms with Crippen LogP contribution in [0.1, 0.15) is 71.1 Å². The van der Waals surface area contributed by atoms with Crippen molar-refractivity contribution < 1.29 is 4.39 Å². The third kappa shape index (κ3) is 5.83. The van der Waals surface area contributed by atoms with Crippen LogP contribution in [-0.2, 0) is 0 Å². The first-order chi connectivity index (χ1) is 7.77. The molecule has 1 heterocycles.